The standard InChI is InChI=1S/C19H20N4O3/c24-19(7-17-4-2-6-25-17)22-10-15(11-23-14-21-8-16(23)12-22)13-26-18-3-1-5-20-9-18/h1-6,8-9,14-15H,7,10-13H2/t15-/m0/s1. The van der Waals surface area contributed by atoms with Crippen LogP contribution in [0.25, 0.3) is 0 Å². The number of furan rings is 1. The van der Waals surface area contributed by atoms with Gasteiger partial charge in [-0.25, -0.2) is 4.98 Å². The smallest absolute Gasteiger partial charge is 0.230 e. The third-order valence-electron chi connectivity index (χ3n) is 4.46. The Kier molecular flexibility index (Phi) is 4.68. The summed E-state index contributed by atoms with van der Waals surface area (Å²) in [6.07, 6.45) is 8.89. The SMILES string of the molecule is O=C(Cc1ccco1)N1Cc2cncn2C[C@@H](COc2cccnc2)C1. The molecule has 4 heterocycles. The molecule has 0 bridgehead atoms. The van der Waals surface area contributed by atoms with E-state index < -0.39 is 0 Å². The Morgan fingerprint density at radius 3 is 3.00 bits per heavy atom. The number of pyridine rings is 1. The van der Waals surface area contributed by atoms with Gasteiger partial charge in [-0.15, -0.1) is 0 Å². The lowest BCUT2D eigenvalue weighted by atomic mass is 10.1. The topological polar surface area (TPSA) is 73.4 Å². The molecule has 7 nitrogen and oxygen atoms in total. The summed E-state index contributed by atoms with van der Waals surface area (Å²) < 4.78 is 13.3. The van der Waals surface area contributed by atoms with E-state index in [4.69, 9.17) is 9.15 Å². The molecule has 7 heteroatoms. The monoisotopic (exact) mass is 352 g/mol. The minimum atomic E-state index is 0.0426. The van der Waals surface area contributed by atoms with Crippen molar-refractivity contribution in [3.8, 4) is 5.75 Å². The zero-order valence-corrected chi connectivity index (χ0v) is 14.3. The van der Waals surface area contributed by atoms with Gasteiger partial charge in [0.15, 0.2) is 0 Å². The number of hydrogen-bond donors (Lipinski definition) is 0. The zero-order chi connectivity index (χ0) is 17.8. The van der Waals surface area contributed by atoms with E-state index in [2.05, 4.69) is 14.5 Å². The molecule has 0 saturated heterocycles. The van der Waals surface area contributed by atoms with Gasteiger partial charge in [-0.2, -0.15) is 0 Å². The van der Waals surface area contributed by atoms with E-state index in [1.165, 1.54) is 0 Å². The van der Waals surface area contributed by atoms with Crippen molar-refractivity contribution in [1.29, 1.82) is 0 Å². The van der Waals surface area contributed by atoms with Crippen LogP contribution in [0.1, 0.15) is 11.5 Å². The molecule has 3 aromatic heterocycles. The molecule has 4 rings (SSSR count). The Balaban J connectivity index is 1.47. The Bertz CT molecular complexity index is 845. The number of imidazole rings is 1. The van der Waals surface area contributed by atoms with E-state index in [-0.39, 0.29) is 18.2 Å². The number of rotatable bonds is 5. The molecule has 134 valence electrons. The first kappa shape index (κ1) is 16.4. The summed E-state index contributed by atoms with van der Waals surface area (Å²) in [5, 5.41) is 0. The first-order valence-corrected chi connectivity index (χ1v) is 8.60. The highest BCUT2D eigenvalue weighted by molar-refractivity contribution is 5.78. The molecule has 0 spiro atoms. The number of nitrogens with zero attached hydrogens (tertiary/aromatic N) is 4. The van der Waals surface area contributed by atoms with Gasteiger partial charge >= 0.3 is 0 Å². The molecule has 3 aromatic rings. The van der Waals surface area contributed by atoms with Crippen LogP contribution in [0.15, 0.2) is 59.9 Å². The maximum absolute atomic E-state index is 12.8. The number of carbonyl (C=O) groups is 1. The zero-order valence-electron chi connectivity index (χ0n) is 14.3. The molecule has 0 N–H and O–H groups in total. The molecule has 0 aromatic carbocycles. The second-order valence-electron chi connectivity index (χ2n) is 6.43. The second-order valence-corrected chi connectivity index (χ2v) is 6.43. The molecular weight excluding hydrogens is 332 g/mol. The summed E-state index contributed by atoms with van der Waals surface area (Å²) in [6.45, 7) is 2.44. The third-order valence-corrected chi connectivity index (χ3v) is 4.46. The normalized spacial score (nSPS) is 16.8. The van der Waals surface area contributed by atoms with Crippen molar-refractivity contribution in [2.45, 2.75) is 19.5 Å². The van der Waals surface area contributed by atoms with Crippen LogP contribution in [-0.4, -0.2) is 38.5 Å². The van der Waals surface area contributed by atoms with Gasteiger partial charge in [-0.1, -0.05) is 0 Å². The lowest BCUT2D eigenvalue weighted by Crippen LogP contribution is -2.36. The van der Waals surface area contributed by atoms with E-state index in [0.29, 0.717) is 25.5 Å². The van der Waals surface area contributed by atoms with E-state index in [1.54, 1.807) is 24.7 Å². The highest BCUT2D eigenvalue weighted by Crippen LogP contribution is 2.19. The van der Waals surface area contributed by atoms with Crippen molar-refractivity contribution >= 4 is 5.91 Å². The van der Waals surface area contributed by atoms with Crippen LogP contribution >= 0.6 is 0 Å². The van der Waals surface area contributed by atoms with Crippen LogP contribution in [0.5, 0.6) is 5.75 Å². The second kappa shape index (κ2) is 7.43. The summed E-state index contributed by atoms with van der Waals surface area (Å²) in [5.74, 6) is 1.61. The van der Waals surface area contributed by atoms with Crippen molar-refractivity contribution in [2.75, 3.05) is 13.2 Å². The number of fused-ring (bicyclic) bond motifs is 1. The minimum absolute atomic E-state index is 0.0426. The first-order chi connectivity index (χ1) is 12.8. The molecule has 1 atom stereocenters. The number of carbonyl (C=O) groups excluding carboxylic acids is 1. The Morgan fingerprint density at radius 1 is 1.23 bits per heavy atom. The van der Waals surface area contributed by atoms with Crippen molar-refractivity contribution in [1.82, 2.24) is 19.4 Å². The highest BCUT2D eigenvalue weighted by atomic mass is 16.5. The molecule has 1 aliphatic heterocycles. The van der Waals surface area contributed by atoms with Gasteiger partial charge < -0.3 is 18.6 Å². The predicted molar refractivity (Wildman–Crippen MR) is 93.3 cm³/mol. The average molecular weight is 352 g/mol. The van der Waals surface area contributed by atoms with E-state index >= 15 is 0 Å². The quantitative estimate of drug-likeness (QED) is 0.703. The fourth-order valence-corrected chi connectivity index (χ4v) is 3.17. The van der Waals surface area contributed by atoms with Gasteiger partial charge in [0.05, 0.1) is 44.1 Å². The van der Waals surface area contributed by atoms with Crippen molar-refractivity contribution < 1.29 is 13.9 Å². The third kappa shape index (κ3) is 3.77. The van der Waals surface area contributed by atoms with E-state index in [0.717, 1.165) is 18.0 Å². The summed E-state index contributed by atoms with van der Waals surface area (Å²) in [6, 6.07) is 7.34. The molecule has 0 radical (unpaired) electrons. The molecule has 0 saturated carbocycles. The van der Waals surface area contributed by atoms with Gasteiger partial charge in [0.25, 0.3) is 0 Å². The maximum atomic E-state index is 12.8. The van der Waals surface area contributed by atoms with E-state index in [9.17, 15) is 4.79 Å². The average Bonchev–Trinajstić information content (AvgIpc) is 3.29. The number of ether oxygens (including phenoxy) is 1. The number of hydrogen-bond acceptors (Lipinski definition) is 5. The van der Waals surface area contributed by atoms with Gasteiger partial charge in [-0.3, -0.25) is 9.78 Å². The number of aromatic nitrogens is 3. The summed E-state index contributed by atoms with van der Waals surface area (Å²) in [5.41, 5.74) is 1.03. The van der Waals surface area contributed by atoms with Crippen LogP contribution in [0.4, 0.5) is 0 Å². The fourth-order valence-electron chi connectivity index (χ4n) is 3.17. The summed E-state index contributed by atoms with van der Waals surface area (Å²) in [7, 11) is 0. The van der Waals surface area contributed by atoms with Gasteiger partial charge in [-0.05, 0) is 24.3 Å². The minimum Gasteiger partial charge on any atom is -0.492 e. The molecule has 26 heavy (non-hydrogen) atoms. The van der Waals surface area contributed by atoms with E-state index in [1.807, 2.05) is 35.6 Å². The largest absolute Gasteiger partial charge is 0.492 e. The molecule has 0 fully saturated rings. The molecular formula is C19H20N4O3. The molecule has 1 amide bonds. The van der Waals surface area contributed by atoms with Gasteiger partial charge in [0.2, 0.25) is 5.91 Å². The van der Waals surface area contributed by atoms with Crippen LogP contribution in [-0.2, 0) is 24.3 Å². The number of amides is 1. The Morgan fingerprint density at radius 2 is 2.19 bits per heavy atom. The maximum Gasteiger partial charge on any atom is 0.230 e. The van der Waals surface area contributed by atoms with Crippen molar-refractivity contribution in [3.63, 3.8) is 0 Å². The first-order valence-electron chi connectivity index (χ1n) is 8.60. The predicted octanol–water partition coefficient (Wildman–Crippen LogP) is 2.15. The molecule has 0 aliphatic carbocycles. The lowest BCUT2D eigenvalue weighted by Gasteiger charge is -2.24. The van der Waals surface area contributed by atoms with Gasteiger partial charge in [0, 0.05) is 31.4 Å². The van der Waals surface area contributed by atoms with Gasteiger partial charge in [0.1, 0.15) is 11.5 Å². The van der Waals surface area contributed by atoms with Crippen LogP contribution in [0.3, 0.4) is 0 Å². The van der Waals surface area contributed by atoms with Crippen LogP contribution < -0.4 is 4.74 Å². The molecule has 1 aliphatic rings. The van der Waals surface area contributed by atoms with Crippen molar-refractivity contribution in [2.24, 2.45) is 5.92 Å². The van der Waals surface area contributed by atoms with Crippen molar-refractivity contribution in [3.05, 3.63) is 66.9 Å². The summed E-state index contributed by atoms with van der Waals surface area (Å²) in [4.78, 5) is 22.9. The Labute approximate surface area is 151 Å². The van der Waals surface area contributed by atoms with Crippen LogP contribution in [0.2, 0.25) is 0 Å². The Hall–Kier alpha value is -3.09. The van der Waals surface area contributed by atoms with Crippen LogP contribution in [0, 0.1) is 5.92 Å². The molecule has 0 unspecified atom stereocenters. The fraction of sp³-hybridized carbons (Fsp3) is 0.316. The highest BCUT2D eigenvalue weighted by Gasteiger charge is 2.26. The summed E-state index contributed by atoms with van der Waals surface area (Å²) >= 11 is 0. The lowest BCUT2D eigenvalue weighted by molar-refractivity contribution is -0.132.